The Balaban J connectivity index is 1.83. The molecule has 6 nitrogen and oxygen atoms in total. The number of rotatable bonds is 7. The second-order valence-corrected chi connectivity index (χ2v) is 9.95. The summed E-state index contributed by atoms with van der Waals surface area (Å²) >= 11 is 0. The molecule has 1 saturated carbocycles. The Morgan fingerprint density at radius 3 is 2.17 bits per heavy atom. The van der Waals surface area contributed by atoms with Crippen molar-refractivity contribution in [3.8, 4) is 0 Å². The van der Waals surface area contributed by atoms with Gasteiger partial charge in [-0.05, 0) is 57.6 Å². The van der Waals surface area contributed by atoms with E-state index in [2.05, 4.69) is 4.72 Å². The Kier molecular flexibility index (Phi) is 6.41. The molecule has 0 amide bonds. The molecule has 0 aliphatic heterocycles. The predicted molar refractivity (Wildman–Crippen MR) is 92.7 cm³/mol. The zero-order valence-corrected chi connectivity index (χ0v) is 15.7. The van der Waals surface area contributed by atoms with Crippen molar-refractivity contribution in [2.75, 3.05) is 12.4 Å². The molecular formula is C16H25NO5S2. The third-order valence-corrected chi connectivity index (χ3v) is 7.09. The lowest BCUT2D eigenvalue weighted by atomic mass is 9.87. The molecular weight excluding hydrogens is 350 g/mol. The highest BCUT2D eigenvalue weighted by Gasteiger charge is 2.26. The number of aryl methyl sites for hydroxylation is 1. The normalized spacial score (nSPS) is 22.4. The van der Waals surface area contributed by atoms with Gasteiger partial charge in [-0.15, -0.1) is 0 Å². The van der Waals surface area contributed by atoms with Gasteiger partial charge in [0.25, 0.3) is 10.1 Å². The van der Waals surface area contributed by atoms with E-state index in [0.29, 0.717) is 12.8 Å². The van der Waals surface area contributed by atoms with Gasteiger partial charge in [0.05, 0.1) is 17.3 Å². The minimum absolute atomic E-state index is 0.0556. The first kappa shape index (κ1) is 19.4. The second-order valence-electron chi connectivity index (χ2n) is 6.29. The molecule has 1 aromatic rings. The molecule has 0 aromatic heterocycles. The molecule has 1 N–H and O–H groups in total. The molecule has 0 spiro atoms. The Labute approximate surface area is 144 Å². The number of hydrogen-bond donors (Lipinski definition) is 1. The molecule has 0 saturated heterocycles. The lowest BCUT2D eigenvalue weighted by Gasteiger charge is -2.28. The molecule has 0 heterocycles. The minimum Gasteiger partial charge on any atom is -0.266 e. The highest BCUT2D eigenvalue weighted by molar-refractivity contribution is 7.89. The van der Waals surface area contributed by atoms with Crippen LogP contribution in [-0.2, 0) is 24.3 Å². The van der Waals surface area contributed by atoms with Crippen LogP contribution in [0.4, 0.5) is 0 Å². The maximum Gasteiger partial charge on any atom is 0.296 e. The molecule has 0 unspecified atom stereocenters. The predicted octanol–water partition coefficient (Wildman–Crippen LogP) is 2.20. The third-order valence-electron chi connectivity index (χ3n) is 4.34. The monoisotopic (exact) mass is 375 g/mol. The summed E-state index contributed by atoms with van der Waals surface area (Å²) in [5.41, 5.74) is 0.988. The van der Waals surface area contributed by atoms with Crippen LogP contribution < -0.4 is 4.72 Å². The van der Waals surface area contributed by atoms with Crippen molar-refractivity contribution in [3.63, 3.8) is 0 Å². The zero-order chi connectivity index (χ0) is 17.8. The molecule has 8 heteroatoms. The van der Waals surface area contributed by atoms with E-state index in [0.717, 1.165) is 18.4 Å². The molecule has 1 aliphatic rings. The average Bonchev–Trinajstić information content (AvgIpc) is 2.54. The van der Waals surface area contributed by atoms with E-state index in [4.69, 9.17) is 4.18 Å². The smallest absolute Gasteiger partial charge is 0.266 e. The fourth-order valence-corrected chi connectivity index (χ4v) is 4.63. The first-order valence-corrected chi connectivity index (χ1v) is 11.2. The summed E-state index contributed by atoms with van der Waals surface area (Å²) in [6.45, 7) is 3.64. The van der Waals surface area contributed by atoms with Crippen molar-refractivity contribution >= 4 is 20.1 Å². The number of nitrogens with one attached hydrogen (secondary N) is 1. The van der Waals surface area contributed by atoms with Crippen LogP contribution in [0.3, 0.4) is 0 Å². The molecule has 2 rings (SSSR count). The van der Waals surface area contributed by atoms with Crippen molar-refractivity contribution in [3.05, 3.63) is 29.8 Å². The number of benzene rings is 1. The van der Waals surface area contributed by atoms with Gasteiger partial charge in [0, 0.05) is 6.04 Å². The van der Waals surface area contributed by atoms with Crippen molar-refractivity contribution in [1.29, 1.82) is 0 Å². The van der Waals surface area contributed by atoms with Crippen LogP contribution in [0.15, 0.2) is 29.2 Å². The third kappa shape index (κ3) is 5.54. The van der Waals surface area contributed by atoms with Crippen LogP contribution in [0.25, 0.3) is 0 Å². The van der Waals surface area contributed by atoms with Gasteiger partial charge in [0.1, 0.15) is 0 Å². The topological polar surface area (TPSA) is 89.5 Å². The Morgan fingerprint density at radius 1 is 1.04 bits per heavy atom. The summed E-state index contributed by atoms with van der Waals surface area (Å²) in [5.74, 6) is 0.206. The molecule has 0 bridgehead atoms. The molecule has 1 aliphatic carbocycles. The summed E-state index contributed by atoms with van der Waals surface area (Å²) in [4.78, 5) is 0.164. The first-order valence-electron chi connectivity index (χ1n) is 8.18. The average molecular weight is 376 g/mol. The molecule has 0 radical (unpaired) electrons. The van der Waals surface area contributed by atoms with Crippen LogP contribution in [0.2, 0.25) is 0 Å². The Morgan fingerprint density at radius 2 is 1.62 bits per heavy atom. The van der Waals surface area contributed by atoms with Crippen LogP contribution in [0.5, 0.6) is 0 Å². The van der Waals surface area contributed by atoms with Crippen LogP contribution in [0, 0.1) is 12.8 Å². The zero-order valence-electron chi connectivity index (χ0n) is 14.1. The molecule has 24 heavy (non-hydrogen) atoms. The summed E-state index contributed by atoms with van der Waals surface area (Å²) in [7, 11) is -6.92. The molecule has 1 aromatic carbocycles. The van der Waals surface area contributed by atoms with Gasteiger partial charge >= 0.3 is 0 Å². The van der Waals surface area contributed by atoms with Crippen LogP contribution in [0.1, 0.15) is 38.2 Å². The highest BCUT2D eigenvalue weighted by atomic mass is 32.2. The van der Waals surface area contributed by atoms with Crippen LogP contribution in [-0.4, -0.2) is 35.2 Å². The quantitative estimate of drug-likeness (QED) is 0.738. The fourth-order valence-electron chi connectivity index (χ4n) is 2.74. The fraction of sp³-hybridized carbons (Fsp3) is 0.625. The Hall–Kier alpha value is -0.960. The lowest BCUT2D eigenvalue weighted by Crippen LogP contribution is -2.39. The molecule has 136 valence electrons. The van der Waals surface area contributed by atoms with E-state index in [9.17, 15) is 16.8 Å². The lowest BCUT2D eigenvalue weighted by molar-refractivity contribution is 0.202. The maximum absolute atomic E-state index is 12.2. The van der Waals surface area contributed by atoms with E-state index in [1.165, 1.54) is 0 Å². The first-order chi connectivity index (χ1) is 11.2. The summed E-state index contributed by atoms with van der Waals surface area (Å²) in [5, 5.41) is 0. The van der Waals surface area contributed by atoms with Gasteiger partial charge < -0.3 is 0 Å². The SMILES string of the molecule is CCS(=O)(=O)NC1CCC(COS(=O)(=O)c2ccc(C)cc2)CC1. The van der Waals surface area contributed by atoms with Gasteiger partial charge in [-0.1, -0.05) is 17.7 Å². The van der Waals surface area contributed by atoms with E-state index >= 15 is 0 Å². The molecule has 0 atom stereocenters. The standard InChI is InChI=1S/C16H25NO5S2/c1-3-23(18,19)17-15-8-6-14(7-9-15)12-22-24(20,21)16-10-4-13(2)5-11-16/h4-5,10-11,14-15,17H,3,6-9,12H2,1-2H3. The van der Waals surface area contributed by atoms with Crippen molar-refractivity contribution < 1.29 is 21.0 Å². The second kappa shape index (κ2) is 7.95. The van der Waals surface area contributed by atoms with Gasteiger partial charge in [0.15, 0.2) is 0 Å². The highest BCUT2D eigenvalue weighted by Crippen LogP contribution is 2.26. The van der Waals surface area contributed by atoms with Gasteiger partial charge in [0.2, 0.25) is 10.0 Å². The number of hydrogen-bond acceptors (Lipinski definition) is 5. The minimum atomic E-state index is -3.73. The van der Waals surface area contributed by atoms with Gasteiger partial charge in [-0.3, -0.25) is 4.18 Å². The van der Waals surface area contributed by atoms with Gasteiger partial charge in [-0.2, -0.15) is 8.42 Å². The van der Waals surface area contributed by atoms with Crippen molar-refractivity contribution in [2.24, 2.45) is 5.92 Å². The van der Waals surface area contributed by atoms with Crippen molar-refractivity contribution in [2.45, 2.75) is 50.5 Å². The van der Waals surface area contributed by atoms with Gasteiger partial charge in [-0.25, -0.2) is 13.1 Å². The molecule has 1 fully saturated rings. The van der Waals surface area contributed by atoms with E-state index in [-0.39, 0.29) is 29.2 Å². The van der Waals surface area contributed by atoms with E-state index < -0.39 is 20.1 Å². The Bertz CT molecular complexity index is 733. The number of sulfonamides is 1. The van der Waals surface area contributed by atoms with Crippen LogP contribution >= 0.6 is 0 Å². The summed E-state index contributed by atoms with van der Waals surface area (Å²) < 4.78 is 55.3. The van der Waals surface area contributed by atoms with E-state index in [1.807, 2.05) is 6.92 Å². The van der Waals surface area contributed by atoms with E-state index in [1.54, 1.807) is 31.2 Å². The largest absolute Gasteiger partial charge is 0.296 e. The van der Waals surface area contributed by atoms with Crippen molar-refractivity contribution in [1.82, 2.24) is 4.72 Å². The summed E-state index contributed by atoms with van der Waals surface area (Å²) in [6, 6.07) is 6.50. The maximum atomic E-state index is 12.2. The summed E-state index contributed by atoms with van der Waals surface area (Å²) in [6.07, 6.45) is 2.91.